The maximum atomic E-state index is 6.22. The lowest BCUT2D eigenvalue weighted by molar-refractivity contribution is 0.415. The molecule has 106 valence electrons. The van der Waals surface area contributed by atoms with Crippen LogP contribution in [0.5, 0.6) is 5.75 Å². The number of ether oxygens (including phenoxy) is 1. The van der Waals surface area contributed by atoms with Crippen molar-refractivity contribution in [1.29, 1.82) is 0 Å². The van der Waals surface area contributed by atoms with Crippen LogP contribution in [0.25, 0.3) is 5.69 Å². The minimum absolute atomic E-state index is 0.555. The molecule has 0 spiro atoms. The normalized spacial score (nSPS) is 16.3. The van der Waals surface area contributed by atoms with Gasteiger partial charge in [-0.05, 0) is 44.1 Å². The molecule has 1 fully saturated rings. The Morgan fingerprint density at radius 2 is 2.15 bits per heavy atom. The highest BCUT2D eigenvalue weighted by molar-refractivity contribution is 6.32. The number of aromatic nitrogens is 2. The van der Waals surface area contributed by atoms with Gasteiger partial charge in [0.25, 0.3) is 0 Å². The summed E-state index contributed by atoms with van der Waals surface area (Å²) in [7, 11) is 1.62. The average molecular weight is 292 g/mol. The second-order valence-corrected chi connectivity index (χ2v) is 5.44. The number of piperidine rings is 1. The predicted molar refractivity (Wildman–Crippen MR) is 80.0 cm³/mol. The fraction of sp³-hybridized carbons (Fsp3) is 0.400. The fourth-order valence-corrected chi connectivity index (χ4v) is 3.00. The summed E-state index contributed by atoms with van der Waals surface area (Å²) in [6, 6.07) is 5.83. The molecule has 1 aromatic carbocycles. The number of rotatable bonds is 3. The summed E-state index contributed by atoms with van der Waals surface area (Å²) >= 11 is 6.22. The molecule has 0 unspecified atom stereocenters. The third kappa shape index (κ3) is 2.53. The summed E-state index contributed by atoms with van der Waals surface area (Å²) in [6.07, 6.45) is 6.12. The highest BCUT2D eigenvalue weighted by Crippen LogP contribution is 2.30. The van der Waals surface area contributed by atoms with Crippen molar-refractivity contribution in [3.05, 3.63) is 41.4 Å². The first kappa shape index (κ1) is 13.5. The van der Waals surface area contributed by atoms with Crippen LogP contribution in [0.4, 0.5) is 0 Å². The zero-order valence-electron chi connectivity index (χ0n) is 11.5. The Hall–Kier alpha value is -1.52. The highest BCUT2D eigenvalue weighted by atomic mass is 35.5. The summed E-state index contributed by atoms with van der Waals surface area (Å²) in [5.74, 6) is 1.25. The largest absolute Gasteiger partial charge is 0.495 e. The van der Waals surface area contributed by atoms with Crippen LogP contribution in [-0.4, -0.2) is 29.8 Å². The van der Waals surface area contributed by atoms with Crippen molar-refractivity contribution in [2.45, 2.75) is 18.8 Å². The molecule has 1 saturated heterocycles. The van der Waals surface area contributed by atoms with Crippen LogP contribution in [-0.2, 0) is 0 Å². The third-order valence-corrected chi connectivity index (χ3v) is 4.13. The third-order valence-electron chi connectivity index (χ3n) is 3.84. The van der Waals surface area contributed by atoms with Gasteiger partial charge in [0.1, 0.15) is 5.75 Å². The second kappa shape index (κ2) is 5.85. The van der Waals surface area contributed by atoms with Crippen molar-refractivity contribution in [3.63, 3.8) is 0 Å². The molecule has 1 aliphatic heterocycles. The fourth-order valence-electron chi connectivity index (χ4n) is 2.75. The zero-order valence-corrected chi connectivity index (χ0v) is 12.2. The summed E-state index contributed by atoms with van der Waals surface area (Å²) in [6.45, 7) is 2.14. The minimum atomic E-state index is 0.555. The van der Waals surface area contributed by atoms with Gasteiger partial charge in [-0.3, -0.25) is 0 Å². The number of halogens is 1. The van der Waals surface area contributed by atoms with Gasteiger partial charge in [0.2, 0.25) is 0 Å². The second-order valence-electron chi connectivity index (χ2n) is 5.03. The molecule has 0 saturated carbocycles. The van der Waals surface area contributed by atoms with E-state index in [0.717, 1.165) is 31.6 Å². The molecule has 0 atom stereocenters. The van der Waals surface area contributed by atoms with Gasteiger partial charge < -0.3 is 14.6 Å². The van der Waals surface area contributed by atoms with Gasteiger partial charge >= 0.3 is 0 Å². The van der Waals surface area contributed by atoms with Crippen molar-refractivity contribution in [2.24, 2.45) is 0 Å². The van der Waals surface area contributed by atoms with Gasteiger partial charge in [-0.25, -0.2) is 4.98 Å². The molecular weight excluding hydrogens is 274 g/mol. The molecule has 0 aliphatic carbocycles. The molecule has 0 amide bonds. The van der Waals surface area contributed by atoms with Gasteiger partial charge in [-0.2, -0.15) is 0 Å². The van der Waals surface area contributed by atoms with Gasteiger partial charge in [0.05, 0.1) is 18.5 Å². The van der Waals surface area contributed by atoms with Crippen molar-refractivity contribution >= 4 is 11.6 Å². The summed E-state index contributed by atoms with van der Waals surface area (Å²) in [5, 5.41) is 4.01. The van der Waals surface area contributed by atoms with Crippen molar-refractivity contribution < 1.29 is 4.74 Å². The number of nitrogens with zero attached hydrogens (tertiary/aromatic N) is 2. The molecule has 20 heavy (non-hydrogen) atoms. The number of nitrogens with one attached hydrogen (secondary N) is 1. The van der Waals surface area contributed by atoms with E-state index in [4.69, 9.17) is 16.3 Å². The molecule has 3 rings (SSSR count). The Labute approximate surface area is 123 Å². The van der Waals surface area contributed by atoms with Crippen LogP contribution in [0.15, 0.2) is 30.7 Å². The molecule has 1 aromatic heterocycles. The Kier molecular flexibility index (Phi) is 3.94. The average Bonchev–Trinajstić information content (AvgIpc) is 2.97. The first-order valence-electron chi connectivity index (χ1n) is 6.86. The molecule has 2 heterocycles. The molecule has 0 bridgehead atoms. The Balaban J connectivity index is 1.94. The van der Waals surface area contributed by atoms with E-state index in [2.05, 4.69) is 14.9 Å². The van der Waals surface area contributed by atoms with Gasteiger partial charge in [-0.1, -0.05) is 11.6 Å². The number of methoxy groups -OCH3 is 1. The highest BCUT2D eigenvalue weighted by Gasteiger charge is 2.19. The zero-order chi connectivity index (χ0) is 13.9. The minimum Gasteiger partial charge on any atom is -0.495 e. The van der Waals surface area contributed by atoms with Gasteiger partial charge in [0.15, 0.2) is 0 Å². The smallest absolute Gasteiger partial charge is 0.137 e. The van der Waals surface area contributed by atoms with E-state index in [0.29, 0.717) is 16.7 Å². The van der Waals surface area contributed by atoms with E-state index in [1.165, 1.54) is 5.69 Å². The van der Waals surface area contributed by atoms with E-state index in [1.807, 2.05) is 30.7 Å². The van der Waals surface area contributed by atoms with E-state index in [-0.39, 0.29) is 0 Å². The molecule has 1 N–H and O–H groups in total. The first-order chi connectivity index (χ1) is 9.79. The van der Waals surface area contributed by atoms with Crippen LogP contribution in [0.2, 0.25) is 5.02 Å². The van der Waals surface area contributed by atoms with Crippen LogP contribution < -0.4 is 10.1 Å². The lowest BCUT2D eigenvalue weighted by Crippen LogP contribution is -2.27. The maximum absolute atomic E-state index is 6.22. The van der Waals surface area contributed by atoms with E-state index in [9.17, 15) is 0 Å². The number of benzene rings is 1. The van der Waals surface area contributed by atoms with E-state index in [1.54, 1.807) is 7.11 Å². The monoisotopic (exact) mass is 291 g/mol. The van der Waals surface area contributed by atoms with Gasteiger partial charge in [-0.15, -0.1) is 0 Å². The predicted octanol–water partition coefficient (Wildman–Crippen LogP) is 3.00. The quantitative estimate of drug-likeness (QED) is 0.945. The van der Waals surface area contributed by atoms with Crippen molar-refractivity contribution in [1.82, 2.24) is 14.9 Å². The topological polar surface area (TPSA) is 39.1 Å². The van der Waals surface area contributed by atoms with Crippen LogP contribution in [0.3, 0.4) is 0 Å². The summed E-state index contributed by atoms with van der Waals surface area (Å²) < 4.78 is 7.33. The first-order valence-corrected chi connectivity index (χ1v) is 7.24. The summed E-state index contributed by atoms with van der Waals surface area (Å²) in [5.41, 5.74) is 2.29. The lowest BCUT2D eigenvalue weighted by atomic mass is 9.95. The van der Waals surface area contributed by atoms with Crippen LogP contribution in [0.1, 0.15) is 24.5 Å². The van der Waals surface area contributed by atoms with E-state index >= 15 is 0 Å². The Morgan fingerprint density at radius 1 is 1.35 bits per heavy atom. The van der Waals surface area contributed by atoms with E-state index < -0.39 is 0 Å². The SMILES string of the molecule is COc1ccc(-n2cncc2C2CCNCC2)cc1Cl. The number of hydrogen-bond donors (Lipinski definition) is 1. The van der Waals surface area contributed by atoms with Crippen molar-refractivity contribution in [3.8, 4) is 11.4 Å². The lowest BCUT2D eigenvalue weighted by Gasteiger charge is -2.23. The summed E-state index contributed by atoms with van der Waals surface area (Å²) in [4.78, 5) is 4.31. The molecule has 1 aliphatic rings. The van der Waals surface area contributed by atoms with Crippen LogP contribution in [0, 0.1) is 0 Å². The van der Waals surface area contributed by atoms with Crippen molar-refractivity contribution in [2.75, 3.05) is 20.2 Å². The maximum Gasteiger partial charge on any atom is 0.137 e. The number of imidazole rings is 1. The molecule has 5 heteroatoms. The Morgan fingerprint density at radius 3 is 2.85 bits per heavy atom. The van der Waals surface area contributed by atoms with Crippen LogP contribution >= 0.6 is 11.6 Å². The standard InChI is InChI=1S/C15H18ClN3O/c1-20-15-3-2-12(8-13(15)16)19-10-18-9-14(19)11-4-6-17-7-5-11/h2-3,8-11,17H,4-7H2,1H3. The molecular formula is C15H18ClN3O. The Bertz CT molecular complexity index is 591. The molecule has 0 radical (unpaired) electrons. The molecule has 4 nitrogen and oxygen atoms in total. The van der Waals surface area contributed by atoms with Gasteiger partial charge in [0, 0.05) is 23.5 Å². The number of hydrogen-bond acceptors (Lipinski definition) is 3. The molecule has 2 aromatic rings.